The molecule has 0 bridgehead atoms. The van der Waals surface area contributed by atoms with E-state index in [9.17, 15) is 9.59 Å². The van der Waals surface area contributed by atoms with E-state index in [1.54, 1.807) is 11.0 Å². The highest BCUT2D eigenvalue weighted by atomic mass is 16.5. The molecule has 1 aromatic carbocycles. The van der Waals surface area contributed by atoms with Crippen molar-refractivity contribution in [3.8, 4) is 5.75 Å². The largest absolute Gasteiger partial charge is 0.481 e. The highest BCUT2D eigenvalue weighted by Gasteiger charge is 2.27. The second-order valence-corrected chi connectivity index (χ2v) is 7.61. The number of hydrogen-bond donors (Lipinski definition) is 1. The van der Waals surface area contributed by atoms with Crippen molar-refractivity contribution in [1.82, 2.24) is 0 Å². The van der Waals surface area contributed by atoms with Crippen LogP contribution in [-0.4, -0.2) is 25.0 Å². The minimum Gasteiger partial charge on any atom is -0.481 e. The number of rotatable bonds is 7. The van der Waals surface area contributed by atoms with Gasteiger partial charge in [0, 0.05) is 24.2 Å². The number of carbonyl (C=O) groups is 2. The normalized spacial score (nSPS) is 22.0. The summed E-state index contributed by atoms with van der Waals surface area (Å²) in [5.41, 5.74) is 1.44. The van der Waals surface area contributed by atoms with Gasteiger partial charge >= 0.3 is 0 Å². The fourth-order valence-corrected chi connectivity index (χ4v) is 4.06. The van der Waals surface area contributed by atoms with Gasteiger partial charge in [0.05, 0.1) is 5.69 Å². The van der Waals surface area contributed by atoms with Crippen LogP contribution in [0.4, 0.5) is 11.4 Å². The third kappa shape index (κ3) is 4.71. The summed E-state index contributed by atoms with van der Waals surface area (Å²) in [5.74, 6) is 1.52. The molecule has 1 N–H and O–H groups in total. The Morgan fingerprint density at radius 3 is 2.81 bits per heavy atom. The molecule has 3 rings (SSSR count). The lowest BCUT2D eigenvalue weighted by molar-refractivity contribution is -0.122. The monoisotopic (exact) mass is 370 g/mol. The van der Waals surface area contributed by atoms with Crippen LogP contribution < -0.4 is 15.0 Å². The van der Waals surface area contributed by atoms with Crippen molar-refractivity contribution in [2.75, 3.05) is 23.4 Å². The van der Waals surface area contributed by atoms with Gasteiger partial charge in [0.25, 0.3) is 5.91 Å². The number of amides is 2. The van der Waals surface area contributed by atoms with Gasteiger partial charge in [-0.25, -0.2) is 0 Å². The summed E-state index contributed by atoms with van der Waals surface area (Å²) in [5, 5.41) is 3.04. The molecular weight excluding hydrogens is 340 g/mol. The standard InChI is InChI=1S/C22H30N2O3/c1-3-5-6-16-7-9-17(10-8-16)22(26)23-18-11-12-19-20(14-18)27-15-21(25)24(19)13-4-2/h4,11-12,14,16-17H,2-3,5-10,13,15H2,1H3,(H,23,26). The molecule has 27 heavy (non-hydrogen) atoms. The molecule has 0 spiro atoms. The van der Waals surface area contributed by atoms with Gasteiger partial charge in [0.2, 0.25) is 5.91 Å². The van der Waals surface area contributed by atoms with Gasteiger partial charge in [-0.15, -0.1) is 6.58 Å². The van der Waals surface area contributed by atoms with Crippen LogP contribution in [0, 0.1) is 11.8 Å². The molecule has 1 saturated carbocycles. The van der Waals surface area contributed by atoms with E-state index in [1.807, 2.05) is 18.2 Å². The number of nitrogens with one attached hydrogen (secondary N) is 1. The number of hydrogen-bond acceptors (Lipinski definition) is 3. The van der Waals surface area contributed by atoms with Gasteiger partial charge in [0.15, 0.2) is 6.61 Å². The second kappa shape index (κ2) is 9.07. The van der Waals surface area contributed by atoms with Crippen LogP contribution in [0.1, 0.15) is 51.9 Å². The fourth-order valence-electron chi connectivity index (χ4n) is 4.06. The van der Waals surface area contributed by atoms with E-state index < -0.39 is 0 Å². The summed E-state index contributed by atoms with van der Waals surface area (Å²) >= 11 is 0. The predicted molar refractivity (Wildman–Crippen MR) is 108 cm³/mol. The first-order chi connectivity index (χ1) is 13.1. The van der Waals surface area contributed by atoms with Crippen molar-refractivity contribution in [1.29, 1.82) is 0 Å². The molecule has 146 valence electrons. The average molecular weight is 370 g/mol. The lowest BCUT2D eigenvalue weighted by Gasteiger charge is -2.29. The number of anilines is 2. The van der Waals surface area contributed by atoms with Gasteiger partial charge < -0.3 is 15.0 Å². The van der Waals surface area contributed by atoms with Gasteiger partial charge in [-0.2, -0.15) is 0 Å². The van der Waals surface area contributed by atoms with Crippen LogP contribution in [0.3, 0.4) is 0 Å². The second-order valence-electron chi connectivity index (χ2n) is 7.61. The van der Waals surface area contributed by atoms with Crippen molar-refractivity contribution in [2.45, 2.75) is 51.9 Å². The molecule has 2 aliphatic rings. The molecule has 0 atom stereocenters. The van der Waals surface area contributed by atoms with Gasteiger partial charge in [-0.1, -0.05) is 32.3 Å². The number of nitrogens with zero attached hydrogens (tertiary/aromatic N) is 1. The summed E-state index contributed by atoms with van der Waals surface area (Å²) in [4.78, 5) is 26.3. The number of carbonyl (C=O) groups excluding carboxylic acids is 2. The molecule has 0 saturated heterocycles. The van der Waals surface area contributed by atoms with Gasteiger partial charge in [-0.3, -0.25) is 9.59 Å². The average Bonchev–Trinajstić information content (AvgIpc) is 2.69. The van der Waals surface area contributed by atoms with E-state index >= 15 is 0 Å². The molecule has 1 fully saturated rings. The van der Waals surface area contributed by atoms with Crippen LogP contribution in [0.25, 0.3) is 0 Å². The topological polar surface area (TPSA) is 58.6 Å². The van der Waals surface area contributed by atoms with E-state index in [0.717, 1.165) is 43.0 Å². The van der Waals surface area contributed by atoms with Gasteiger partial charge in [-0.05, 0) is 43.7 Å². The summed E-state index contributed by atoms with van der Waals surface area (Å²) in [6.45, 7) is 6.39. The van der Waals surface area contributed by atoms with Crippen molar-refractivity contribution in [3.05, 3.63) is 30.9 Å². The molecule has 1 aromatic rings. The van der Waals surface area contributed by atoms with Crippen LogP contribution >= 0.6 is 0 Å². The summed E-state index contributed by atoms with van der Waals surface area (Å²) in [7, 11) is 0. The third-order valence-electron chi connectivity index (χ3n) is 5.67. The number of unbranched alkanes of at least 4 members (excludes halogenated alkanes) is 1. The molecule has 1 heterocycles. The Kier molecular flexibility index (Phi) is 6.54. The van der Waals surface area contributed by atoms with Crippen molar-refractivity contribution in [3.63, 3.8) is 0 Å². The molecule has 1 aliphatic heterocycles. The molecular formula is C22H30N2O3. The summed E-state index contributed by atoms with van der Waals surface area (Å²) in [6, 6.07) is 5.47. The number of fused-ring (bicyclic) bond motifs is 1. The minimum atomic E-state index is -0.0842. The predicted octanol–water partition coefficient (Wildman–Crippen LogP) is 4.53. The van der Waals surface area contributed by atoms with Gasteiger partial charge in [0.1, 0.15) is 5.75 Å². The number of ether oxygens (including phenoxy) is 1. The minimum absolute atomic E-state index is 0.0139. The number of benzene rings is 1. The van der Waals surface area contributed by atoms with E-state index in [-0.39, 0.29) is 24.3 Å². The van der Waals surface area contributed by atoms with Crippen LogP contribution in [0.2, 0.25) is 0 Å². The molecule has 0 aromatic heterocycles. The Labute approximate surface area is 161 Å². The Hall–Kier alpha value is -2.30. The zero-order valence-corrected chi connectivity index (χ0v) is 16.2. The van der Waals surface area contributed by atoms with E-state index in [0.29, 0.717) is 12.3 Å². The fraction of sp³-hybridized carbons (Fsp3) is 0.545. The van der Waals surface area contributed by atoms with E-state index in [1.165, 1.54) is 19.3 Å². The Balaban J connectivity index is 1.59. The molecule has 2 amide bonds. The lowest BCUT2D eigenvalue weighted by atomic mass is 9.79. The maximum Gasteiger partial charge on any atom is 0.265 e. The Morgan fingerprint density at radius 1 is 1.33 bits per heavy atom. The van der Waals surface area contributed by atoms with Crippen LogP contribution in [0.5, 0.6) is 5.75 Å². The van der Waals surface area contributed by atoms with Crippen LogP contribution in [0.15, 0.2) is 30.9 Å². The zero-order valence-electron chi connectivity index (χ0n) is 16.2. The van der Waals surface area contributed by atoms with E-state index in [2.05, 4.69) is 18.8 Å². The molecule has 0 radical (unpaired) electrons. The highest BCUT2D eigenvalue weighted by molar-refractivity contribution is 5.99. The van der Waals surface area contributed by atoms with Crippen molar-refractivity contribution in [2.24, 2.45) is 11.8 Å². The Morgan fingerprint density at radius 2 is 2.11 bits per heavy atom. The smallest absolute Gasteiger partial charge is 0.265 e. The van der Waals surface area contributed by atoms with Crippen molar-refractivity contribution >= 4 is 23.2 Å². The molecule has 5 heteroatoms. The Bertz CT molecular complexity index is 693. The van der Waals surface area contributed by atoms with Crippen LogP contribution in [-0.2, 0) is 9.59 Å². The quantitative estimate of drug-likeness (QED) is 0.717. The summed E-state index contributed by atoms with van der Waals surface area (Å²) in [6.07, 6.45) is 9.80. The van der Waals surface area contributed by atoms with E-state index in [4.69, 9.17) is 4.74 Å². The maximum absolute atomic E-state index is 12.6. The lowest BCUT2D eigenvalue weighted by Crippen LogP contribution is -2.38. The third-order valence-corrected chi connectivity index (χ3v) is 5.67. The SMILES string of the molecule is C=CCN1C(=O)COc2cc(NC(=O)C3CCC(CCCC)CC3)ccc21. The zero-order chi connectivity index (χ0) is 19.2. The molecule has 0 unspecified atom stereocenters. The first-order valence-corrected chi connectivity index (χ1v) is 10.1. The summed E-state index contributed by atoms with van der Waals surface area (Å²) < 4.78 is 5.55. The maximum atomic E-state index is 12.6. The highest BCUT2D eigenvalue weighted by Crippen LogP contribution is 2.36. The first-order valence-electron chi connectivity index (χ1n) is 10.1. The molecule has 5 nitrogen and oxygen atoms in total. The first kappa shape index (κ1) is 19.5. The molecule has 1 aliphatic carbocycles. The van der Waals surface area contributed by atoms with Crippen molar-refractivity contribution < 1.29 is 14.3 Å².